The van der Waals surface area contributed by atoms with Gasteiger partial charge in [0.15, 0.2) is 0 Å². The largest absolute Gasteiger partial charge is 0.344 e. The number of carbonyl (C=O) groups excluding carboxylic acids is 2. The SMILES string of the molecule is CN1C(=O)N(c2ccc(-c3cccc(-n4cccn4)c3)cc2)C(C2CCNC2)N1C(=O)C1CC1. The molecule has 1 aliphatic carbocycles. The summed E-state index contributed by atoms with van der Waals surface area (Å²) in [6, 6.07) is 18.0. The van der Waals surface area contributed by atoms with Gasteiger partial charge in [0.1, 0.15) is 6.17 Å². The Balaban J connectivity index is 1.32. The van der Waals surface area contributed by atoms with Gasteiger partial charge < -0.3 is 5.32 Å². The minimum absolute atomic E-state index is 0.0523. The second kappa shape index (κ2) is 8.29. The molecule has 8 nitrogen and oxygen atoms in total. The van der Waals surface area contributed by atoms with Crippen LogP contribution in [-0.4, -0.2) is 58.0 Å². The van der Waals surface area contributed by atoms with Crippen molar-refractivity contribution in [2.45, 2.75) is 25.4 Å². The van der Waals surface area contributed by atoms with Crippen molar-refractivity contribution in [3.05, 3.63) is 67.0 Å². The molecule has 3 aromatic rings. The third kappa shape index (κ3) is 3.54. The second-order valence-corrected chi connectivity index (χ2v) is 9.35. The third-order valence-electron chi connectivity index (χ3n) is 7.09. The average molecular weight is 457 g/mol. The first-order chi connectivity index (χ1) is 16.6. The van der Waals surface area contributed by atoms with Gasteiger partial charge in [-0.15, -0.1) is 0 Å². The summed E-state index contributed by atoms with van der Waals surface area (Å²) < 4.78 is 1.84. The summed E-state index contributed by atoms with van der Waals surface area (Å²) in [5.74, 6) is 0.320. The van der Waals surface area contributed by atoms with E-state index in [9.17, 15) is 9.59 Å². The van der Waals surface area contributed by atoms with Gasteiger partial charge in [-0.05, 0) is 67.3 Å². The maximum Gasteiger partial charge on any atom is 0.344 e. The molecule has 1 saturated carbocycles. The minimum atomic E-state index is -0.297. The van der Waals surface area contributed by atoms with Gasteiger partial charge in [-0.3, -0.25) is 9.69 Å². The molecule has 0 spiro atoms. The standard InChI is InChI=1S/C26H28N6O2/c1-29-26(34)31(24(21-12-14-27-17-21)32(29)25(33)19-6-7-19)22-10-8-18(9-11-22)20-4-2-5-23(16-20)30-15-3-13-28-30/h2-5,8-11,13,15-16,19,21,24,27H,6-7,12,14,17H2,1H3. The number of benzene rings is 2. The van der Waals surface area contributed by atoms with Gasteiger partial charge >= 0.3 is 6.03 Å². The molecular formula is C26H28N6O2. The third-order valence-corrected chi connectivity index (χ3v) is 7.09. The van der Waals surface area contributed by atoms with Crippen LogP contribution in [0.5, 0.6) is 0 Å². The van der Waals surface area contributed by atoms with E-state index >= 15 is 0 Å². The number of hydrogen-bond acceptors (Lipinski definition) is 4. The highest BCUT2D eigenvalue weighted by Gasteiger charge is 2.52. The Morgan fingerprint density at radius 2 is 1.82 bits per heavy atom. The molecule has 1 N–H and O–H groups in total. The molecule has 174 valence electrons. The van der Waals surface area contributed by atoms with Crippen LogP contribution in [0.25, 0.3) is 16.8 Å². The van der Waals surface area contributed by atoms with Crippen LogP contribution in [0.2, 0.25) is 0 Å². The van der Waals surface area contributed by atoms with Crippen LogP contribution < -0.4 is 10.2 Å². The van der Waals surface area contributed by atoms with Crippen molar-refractivity contribution in [2.24, 2.45) is 11.8 Å². The molecule has 1 aromatic heterocycles. The van der Waals surface area contributed by atoms with Crippen molar-refractivity contribution in [2.75, 3.05) is 25.0 Å². The van der Waals surface area contributed by atoms with Crippen LogP contribution in [0.15, 0.2) is 67.0 Å². The monoisotopic (exact) mass is 456 g/mol. The molecule has 2 aliphatic heterocycles. The maximum atomic E-state index is 13.4. The lowest BCUT2D eigenvalue weighted by atomic mass is 10.0. The van der Waals surface area contributed by atoms with Crippen molar-refractivity contribution in [3.63, 3.8) is 0 Å². The van der Waals surface area contributed by atoms with Gasteiger partial charge in [-0.25, -0.2) is 19.5 Å². The van der Waals surface area contributed by atoms with Crippen molar-refractivity contribution < 1.29 is 9.59 Å². The molecule has 0 bridgehead atoms. The zero-order valence-corrected chi connectivity index (χ0v) is 19.2. The van der Waals surface area contributed by atoms with Crippen molar-refractivity contribution in [1.29, 1.82) is 0 Å². The Bertz CT molecular complexity index is 1200. The van der Waals surface area contributed by atoms with Crippen LogP contribution in [0.4, 0.5) is 10.5 Å². The lowest BCUT2D eigenvalue weighted by Crippen LogP contribution is -2.51. The fourth-order valence-electron chi connectivity index (χ4n) is 5.11. The van der Waals surface area contributed by atoms with E-state index in [2.05, 4.69) is 22.5 Å². The van der Waals surface area contributed by atoms with Gasteiger partial charge in [0.2, 0.25) is 5.91 Å². The smallest absolute Gasteiger partial charge is 0.316 e. The number of anilines is 1. The number of hydrogen-bond donors (Lipinski definition) is 1. The van der Waals surface area contributed by atoms with E-state index in [0.717, 1.165) is 54.9 Å². The summed E-state index contributed by atoms with van der Waals surface area (Å²) in [6.45, 7) is 1.71. The molecule has 8 heteroatoms. The zero-order valence-electron chi connectivity index (χ0n) is 19.2. The fourth-order valence-corrected chi connectivity index (χ4v) is 5.11. The van der Waals surface area contributed by atoms with Crippen LogP contribution in [-0.2, 0) is 4.79 Å². The van der Waals surface area contributed by atoms with E-state index in [4.69, 9.17) is 0 Å². The van der Waals surface area contributed by atoms with Crippen molar-refractivity contribution >= 4 is 17.6 Å². The number of urea groups is 1. The van der Waals surface area contributed by atoms with Gasteiger partial charge in [0.25, 0.3) is 0 Å². The number of nitrogens with zero attached hydrogens (tertiary/aromatic N) is 5. The Kier molecular flexibility index (Phi) is 5.10. The number of rotatable bonds is 5. The Hall–Kier alpha value is -3.65. The molecule has 3 aliphatic rings. The predicted octanol–water partition coefficient (Wildman–Crippen LogP) is 3.50. The summed E-state index contributed by atoms with van der Waals surface area (Å²) in [5.41, 5.74) is 3.94. The molecule has 34 heavy (non-hydrogen) atoms. The first-order valence-corrected chi connectivity index (χ1v) is 11.9. The van der Waals surface area contributed by atoms with E-state index in [0.29, 0.717) is 0 Å². The summed E-state index contributed by atoms with van der Waals surface area (Å²) in [7, 11) is 1.72. The summed E-state index contributed by atoms with van der Waals surface area (Å²) >= 11 is 0. The number of amides is 3. The maximum absolute atomic E-state index is 13.4. The van der Waals surface area contributed by atoms with Crippen LogP contribution >= 0.6 is 0 Å². The number of aromatic nitrogens is 2. The highest BCUT2D eigenvalue weighted by molar-refractivity contribution is 5.98. The second-order valence-electron chi connectivity index (χ2n) is 9.35. The topological polar surface area (TPSA) is 73.7 Å². The number of hydrazine groups is 1. The molecular weight excluding hydrogens is 428 g/mol. The van der Waals surface area contributed by atoms with Gasteiger partial charge in [0, 0.05) is 43.5 Å². The predicted molar refractivity (Wildman–Crippen MR) is 129 cm³/mol. The fraction of sp³-hybridized carbons (Fsp3) is 0.346. The quantitative estimate of drug-likeness (QED) is 0.638. The highest BCUT2D eigenvalue weighted by Crippen LogP contribution is 2.39. The van der Waals surface area contributed by atoms with Gasteiger partial charge in [-0.1, -0.05) is 24.3 Å². The number of carbonyl (C=O) groups is 2. The molecule has 3 fully saturated rings. The first-order valence-electron chi connectivity index (χ1n) is 11.9. The molecule has 0 radical (unpaired) electrons. The lowest BCUT2D eigenvalue weighted by Gasteiger charge is -2.34. The summed E-state index contributed by atoms with van der Waals surface area (Å²) in [4.78, 5) is 28.4. The van der Waals surface area contributed by atoms with Crippen LogP contribution in [0, 0.1) is 11.8 Å². The molecule has 6 rings (SSSR count). The Morgan fingerprint density at radius 1 is 1.00 bits per heavy atom. The van der Waals surface area contributed by atoms with Gasteiger partial charge in [0.05, 0.1) is 5.69 Å². The van der Waals surface area contributed by atoms with E-state index in [1.165, 1.54) is 5.01 Å². The van der Waals surface area contributed by atoms with Gasteiger partial charge in [-0.2, -0.15) is 5.10 Å². The van der Waals surface area contributed by atoms with Crippen molar-refractivity contribution in [3.8, 4) is 16.8 Å². The molecule has 2 aromatic carbocycles. The molecule has 3 heterocycles. The normalized spacial score (nSPS) is 22.6. The molecule has 2 atom stereocenters. The Labute approximate surface area is 198 Å². The molecule has 2 saturated heterocycles. The lowest BCUT2D eigenvalue weighted by molar-refractivity contribution is -0.146. The summed E-state index contributed by atoms with van der Waals surface area (Å²) in [5, 5.41) is 11.0. The first kappa shape index (κ1) is 20.9. The van der Waals surface area contributed by atoms with Crippen LogP contribution in [0.1, 0.15) is 19.3 Å². The molecule has 3 amide bonds. The number of nitrogens with one attached hydrogen (secondary N) is 1. The molecule has 2 unspecified atom stereocenters. The summed E-state index contributed by atoms with van der Waals surface area (Å²) in [6.07, 6.45) is 6.16. The zero-order chi connectivity index (χ0) is 23.2. The Morgan fingerprint density at radius 3 is 2.50 bits per heavy atom. The van der Waals surface area contributed by atoms with E-state index in [-0.39, 0.29) is 29.9 Å². The highest BCUT2D eigenvalue weighted by atomic mass is 16.2. The van der Waals surface area contributed by atoms with E-state index in [1.54, 1.807) is 18.3 Å². The van der Waals surface area contributed by atoms with Crippen LogP contribution in [0.3, 0.4) is 0 Å². The average Bonchev–Trinajstić information content (AvgIpc) is 3.24. The minimum Gasteiger partial charge on any atom is -0.316 e. The van der Waals surface area contributed by atoms with Crippen molar-refractivity contribution in [1.82, 2.24) is 25.1 Å². The van der Waals surface area contributed by atoms with E-state index < -0.39 is 0 Å². The van der Waals surface area contributed by atoms with E-state index in [1.807, 2.05) is 58.2 Å².